The molecule has 0 radical (unpaired) electrons. The van der Waals surface area contributed by atoms with Crippen molar-refractivity contribution in [3.8, 4) is 5.75 Å². The summed E-state index contributed by atoms with van der Waals surface area (Å²) >= 11 is 0. The molecule has 21 heavy (non-hydrogen) atoms. The number of anilines is 1. The zero-order valence-corrected chi connectivity index (χ0v) is 12.4. The third kappa shape index (κ3) is 4.57. The topological polar surface area (TPSA) is 76.9 Å². The Labute approximate surface area is 124 Å². The van der Waals surface area contributed by atoms with E-state index in [0.29, 0.717) is 31.2 Å². The lowest BCUT2D eigenvalue weighted by molar-refractivity contribution is -0.384. The number of hydrogen-bond donors (Lipinski definition) is 1. The number of non-ortho nitro benzene ring substituents is 1. The van der Waals surface area contributed by atoms with Crippen LogP contribution in [0.1, 0.15) is 6.92 Å². The summed E-state index contributed by atoms with van der Waals surface area (Å²) in [5, 5.41) is 14.1. The molecule has 0 aromatic heterocycles. The van der Waals surface area contributed by atoms with E-state index in [0.717, 1.165) is 13.1 Å². The van der Waals surface area contributed by atoms with E-state index in [9.17, 15) is 10.1 Å². The number of nitro groups is 1. The number of likely N-dealkylation sites (N-methyl/N-ethyl adjacent to an activating group) is 1. The van der Waals surface area contributed by atoms with Crippen LogP contribution in [-0.4, -0.2) is 55.8 Å². The number of morpholine rings is 1. The second-order valence-electron chi connectivity index (χ2n) is 5.04. The fourth-order valence-corrected chi connectivity index (χ4v) is 2.26. The molecular weight excluding hydrogens is 274 g/mol. The lowest BCUT2D eigenvalue weighted by Crippen LogP contribution is -2.43. The SMILES string of the molecule is CCOc1cc(NCC2CN(C)CCO2)cc([N+](=O)[O-])c1. The second-order valence-corrected chi connectivity index (χ2v) is 5.04. The van der Waals surface area contributed by atoms with Gasteiger partial charge in [-0.05, 0) is 14.0 Å². The molecule has 1 aromatic carbocycles. The van der Waals surface area contributed by atoms with E-state index >= 15 is 0 Å². The minimum Gasteiger partial charge on any atom is -0.494 e. The maximum Gasteiger partial charge on any atom is 0.275 e. The first-order valence-corrected chi connectivity index (χ1v) is 7.04. The molecule has 0 amide bonds. The van der Waals surface area contributed by atoms with Gasteiger partial charge in [-0.1, -0.05) is 0 Å². The quantitative estimate of drug-likeness (QED) is 0.636. The minimum atomic E-state index is -0.418. The Bertz CT molecular complexity index is 495. The number of ether oxygens (including phenoxy) is 2. The summed E-state index contributed by atoms with van der Waals surface area (Å²) in [5.41, 5.74) is 0.689. The maximum absolute atomic E-state index is 10.9. The standard InChI is InChI=1S/C14H21N3O4/c1-3-20-13-7-11(6-12(8-13)17(18)19)15-9-14-10-16(2)4-5-21-14/h6-8,14-15H,3-5,9-10H2,1-2H3. The van der Waals surface area contributed by atoms with Crippen LogP contribution in [0, 0.1) is 10.1 Å². The summed E-state index contributed by atoms with van der Waals surface area (Å²) < 4.78 is 11.0. The molecule has 1 N–H and O–H groups in total. The molecule has 1 atom stereocenters. The smallest absolute Gasteiger partial charge is 0.275 e. The van der Waals surface area contributed by atoms with Gasteiger partial charge in [-0.15, -0.1) is 0 Å². The highest BCUT2D eigenvalue weighted by Crippen LogP contribution is 2.26. The fraction of sp³-hybridized carbons (Fsp3) is 0.571. The van der Waals surface area contributed by atoms with Crippen LogP contribution in [0.3, 0.4) is 0 Å². The molecule has 1 heterocycles. The molecule has 7 nitrogen and oxygen atoms in total. The molecule has 0 saturated carbocycles. The van der Waals surface area contributed by atoms with Gasteiger partial charge in [-0.25, -0.2) is 0 Å². The van der Waals surface area contributed by atoms with Crippen molar-refractivity contribution in [2.45, 2.75) is 13.0 Å². The Balaban J connectivity index is 2.02. The third-order valence-electron chi connectivity index (χ3n) is 3.29. The Morgan fingerprint density at radius 1 is 1.52 bits per heavy atom. The highest BCUT2D eigenvalue weighted by Gasteiger charge is 2.18. The number of hydrogen-bond acceptors (Lipinski definition) is 6. The molecule has 1 unspecified atom stereocenters. The first-order chi connectivity index (χ1) is 10.1. The summed E-state index contributed by atoms with van der Waals surface area (Å²) in [6.45, 7) is 5.41. The molecule has 2 rings (SSSR count). The monoisotopic (exact) mass is 295 g/mol. The molecule has 1 fully saturated rings. The summed E-state index contributed by atoms with van der Waals surface area (Å²) in [7, 11) is 2.05. The maximum atomic E-state index is 10.9. The molecule has 1 aliphatic heterocycles. The fourth-order valence-electron chi connectivity index (χ4n) is 2.26. The lowest BCUT2D eigenvalue weighted by Gasteiger charge is -2.30. The van der Waals surface area contributed by atoms with Crippen molar-refractivity contribution < 1.29 is 14.4 Å². The number of nitro benzene ring substituents is 1. The molecule has 116 valence electrons. The molecule has 1 saturated heterocycles. The summed E-state index contributed by atoms with van der Waals surface area (Å²) in [6.07, 6.45) is 0.0820. The van der Waals surface area contributed by atoms with Gasteiger partial charge < -0.3 is 19.7 Å². The third-order valence-corrected chi connectivity index (χ3v) is 3.29. The summed E-state index contributed by atoms with van der Waals surface area (Å²) in [5.74, 6) is 0.496. The van der Waals surface area contributed by atoms with Crippen LogP contribution >= 0.6 is 0 Å². The van der Waals surface area contributed by atoms with Crippen LogP contribution < -0.4 is 10.1 Å². The normalized spacial score (nSPS) is 19.2. The van der Waals surface area contributed by atoms with E-state index in [2.05, 4.69) is 17.3 Å². The van der Waals surface area contributed by atoms with E-state index in [1.807, 2.05) is 6.92 Å². The van der Waals surface area contributed by atoms with E-state index in [1.165, 1.54) is 12.1 Å². The van der Waals surface area contributed by atoms with Gasteiger partial charge in [-0.3, -0.25) is 10.1 Å². The van der Waals surface area contributed by atoms with Crippen molar-refractivity contribution in [2.75, 3.05) is 45.2 Å². The lowest BCUT2D eigenvalue weighted by atomic mass is 10.2. The van der Waals surface area contributed by atoms with Gasteiger partial charge >= 0.3 is 0 Å². The van der Waals surface area contributed by atoms with Gasteiger partial charge in [0, 0.05) is 37.5 Å². The molecule has 1 aliphatic rings. The van der Waals surface area contributed by atoms with Crippen LogP contribution in [0.4, 0.5) is 11.4 Å². The van der Waals surface area contributed by atoms with Crippen LogP contribution in [0.25, 0.3) is 0 Å². The summed E-state index contributed by atoms with van der Waals surface area (Å²) in [4.78, 5) is 12.7. The number of nitrogens with zero attached hydrogens (tertiary/aromatic N) is 2. The van der Waals surface area contributed by atoms with Crippen LogP contribution in [0.2, 0.25) is 0 Å². The molecule has 1 aromatic rings. The van der Waals surface area contributed by atoms with E-state index in [-0.39, 0.29) is 11.8 Å². The highest BCUT2D eigenvalue weighted by atomic mass is 16.6. The van der Waals surface area contributed by atoms with Gasteiger partial charge in [-0.2, -0.15) is 0 Å². The van der Waals surface area contributed by atoms with Gasteiger partial charge in [0.2, 0.25) is 0 Å². The van der Waals surface area contributed by atoms with Crippen LogP contribution in [0.5, 0.6) is 5.75 Å². The Morgan fingerprint density at radius 3 is 3.00 bits per heavy atom. The highest BCUT2D eigenvalue weighted by molar-refractivity contribution is 5.56. The predicted molar refractivity (Wildman–Crippen MR) is 80.0 cm³/mol. The largest absolute Gasteiger partial charge is 0.494 e. The van der Waals surface area contributed by atoms with E-state index < -0.39 is 4.92 Å². The van der Waals surface area contributed by atoms with Crippen LogP contribution in [0.15, 0.2) is 18.2 Å². The van der Waals surface area contributed by atoms with Gasteiger partial charge in [0.25, 0.3) is 5.69 Å². The van der Waals surface area contributed by atoms with Crippen molar-refractivity contribution in [2.24, 2.45) is 0 Å². The molecular formula is C14H21N3O4. The zero-order chi connectivity index (χ0) is 15.2. The number of rotatable bonds is 6. The number of benzene rings is 1. The average molecular weight is 295 g/mol. The van der Waals surface area contributed by atoms with Crippen molar-refractivity contribution in [3.63, 3.8) is 0 Å². The van der Waals surface area contributed by atoms with Crippen molar-refractivity contribution >= 4 is 11.4 Å². The van der Waals surface area contributed by atoms with Gasteiger partial charge in [0.05, 0.1) is 30.3 Å². The predicted octanol–water partition coefficient (Wildman–Crippen LogP) is 1.74. The molecule has 0 spiro atoms. The Kier molecular flexibility index (Phi) is 5.35. The molecule has 0 aliphatic carbocycles. The Morgan fingerprint density at radius 2 is 2.33 bits per heavy atom. The van der Waals surface area contributed by atoms with Crippen molar-refractivity contribution in [1.82, 2.24) is 4.90 Å². The first-order valence-electron chi connectivity index (χ1n) is 7.04. The average Bonchev–Trinajstić information content (AvgIpc) is 2.45. The number of nitrogens with one attached hydrogen (secondary N) is 1. The molecule has 7 heteroatoms. The Hall–Kier alpha value is -1.86. The molecule has 0 bridgehead atoms. The van der Waals surface area contributed by atoms with Gasteiger partial charge in [0.1, 0.15) is 5.75 Å². The zero-order valence-electron chi connectivity index (χ0n) is 12.4. The summed E-state index contributed by atoms with van der Waals surface area (Å²) in [6, 6.07) is 4.71. The van der Waals surface area contributed by atoms with Gasteiger partial charge in [0.15, 0.2) is 0 Å². The minimum absolute atomic E-state index is 0.0186. The van der Waals surface area contributed by atoms with Crippen LogP contribution in [-0.2, 0) is 4.74 Å². The second kappa shape index (κ2) is 7.24. The van der Waals surface area contributed by atoms with Crippen molar-refractivity contribution in [1.29, 1.82) is 0 Å². The van der Waals surface area contributed by atoms with Crippen molar-refractivity contribution in [3.05, 3.63) is 28.3 Å². The van der Waals surface area contributed by atoms with E-state index in [4.69, 9.17) is 9.47 Å². The van der Waals surface area contributed by atoms with E-state index in [1.54, 1.807) is 6.07 Å². The first kappa shape index (κ1) is 15.5.